The van der Waals surface area contributed by atoms with Crippen molar-refractivity contribution in [1.82, 2.24) is 0 Å². The molecule has 1 N–H and O–H groups in total. The van der Waals surface area contributed by atoms with Crippen molar-refractivity contribution >= 4 is 11.6 Å². The predicted molar refractivity (Wildman–Crippen MR) is 84.1 cm³/mol. The molecule has 0 fully saturated rings. The Bertz CT molecular complexity index is 771. The van der Waals surface area contributed by atoms with Crippen LogP contribution in [0.15, 0.2) is 42.5 Å². The fourth-order valence-corrected chi connectivity index (χ4v) is 3.03. The van der Waals surface area contributed by atoms with Gasteiger partial charge in [-0.05, 0) is 42.3 Å². The molecule has 24 heavy (non-hydrogen) atoms. The molecule has 2 aromatic rings. The second-order valence-electron chi connectivity index (χ2n) is 5.57. The number of anilines is 1. The Labute approximate surface area is 137 Å². The van der Waals surface area contributed by atoms with Gasteiger partial charge < -0.3 is 10.1 Å². The van der Waals surface area contributed by atoms with Crippen LogP contribution in [0.2, 0.25) is 0 Å². The number of nitrogens with one attached hydrogen (secondary N) is 1. The molecule has 0 spiro atoms. The van der Waals surface area contributed by atoms with Gasteiger partial charge in [0.05, 0.1) is 12.2 Å². The highest BCUT2D eigenvalue weighted by Gasteiger charge is 2.37. The molecule has 0 saturated carbocycles. The van der Waals surface area contributed by atoms with Crippen LogP contribution >= 0.6 is 0 Å². The first-order valence-electron chi connectivity index (χ1n) is 7.63. The van der Waals surface area contributed by atoms with Gasteiger partial charge in [0.15, 0.2) is 0 Å². The monoisotopic (exact) mass is 335 g/mol. The minimum atomic E-state index is -4.47. The molecule has 2 aromatic carbocycles. The molecule has 1 heterocycles. The molecule has 126 valence electrons. The molecule has 0 bridgehead atoms. The SMILES string of the molecule is CCOc1ccc2c(c1)C(c1ccccc1C(F)(F)F)CC(=O)N2. The lowest BCUT2D eigenvalue weighted by Gasteiger charge is -2.28. The number of alkyl halides is 3. The zero-order valence-electron chi connectivity index (χ0n) is 13.0. The van der Waals surface area contributed by atoms with Crippen LogP contribution in [0.1, 0.15) is 36.0 Å². The van der Waals surface area contributed by atoms with E-state index in [-0.39, 0.29) is 17.9 Å². The Hall–Kier alpha value is -2.50. The average molecular weight is 335 g/mol. The van der Waals surface area contributed by atoms with Crippen LogP contribution < -0.4 is 10.1 Å². The van der Waals surface area contributed by atoms with E-state index in [4.69, 9.17) is 4.74 Å². The minimum absolute atomic E-state index is 0.0321. The highest BCUT2D eigenvalue weighted by molar-refractivity contribution is 5.95. The van der Waals surface area contributed by atoms with Gasteiger partial charge in [-0.1, -0.05) is 18.2 Å². The lowest BCUT2D eigenvalue weighted by atomic mass is 9.82. The molecule has 1 aliphatic heterocycles. The van der Waals surface area contributed by atoms with Crippen molar-refractivity contribution < 1.29 is 22.7 Å². The Morgan fingerprint density at radius 3 is 2.62 bits per heavy atom. The minimum Gasteiger partial charge on any atom is -0.494 e. The number of halogens is 3. The highest BCUT2D eigenvalue weighted by Crippen LogP contribution is 2.43. The normalized spacial score (nSPS) is 17.2. The van der Waals surface area contributed by atoms with Crippen molar-refractivity contribution in [2.75, 3.05) is 11.9 Å². The Morgan fingerprint density at radius 1 is 1.17 bits per heavy atom. The van der Waals surface area contributed by atoms with Crippen LogP contribution in [-0.4, -0.2) is 12.5 Å². The molecule has 0 aromatic heterocycles. The van der Waals surface area contributed by atoms with Crippen molar-refractivity contribution in [2.24, 2.45) is 0 Å². The molecule has 0 aliphatic carbocycles. The summed E-state index contributed by atoms with van der Waals surface area (Å²) in [6.45, 7) is 2.28. The van der Waals surface area contributed by atoms with Crippen LogP contribution in [0.4, 0.5) is 18.9 Å². The maximum absolute atomic E-state index is 13.4. The third-order valence-corrected chi connectivity index (χ3v) is 4.01. The summed E-state index contributed by atoms with van der Waals surface area (Å²) in [5.74, 6) is -0.387. The summed E-state index contributed by atoms with van der Waals surface area (Å²) in [5, 5.41) is 2.71. The van der Waals surface area contributed by atoms with Crippen LogP contribution in [0.25, 0.3) is 0 Å². The summed E-state index contributed by atoms with van der Waals surface area (Å²) in [5.41, 5.74) is 0.557. The molecule has 1 amide bonds. The van der Waals surface area contributed by atoms with Gasteiger partial charge in [-0.3, -0.25) is 4.79 Å². The molecular formula is C18H16F3NO2. The van der Waals surface area contributed by atoms with Gasteiger partial charge in [0.25, 0.3) is 0 Å². The van der Waals surface area contributed by atoms with E-state index in [0.717, 1.165) is 6.07 Å². The summed E-state index contributed by atoms with van der Waals surface area (Å²) in [4.78, 5) is 12.0. The molecule has 1 atom stereocenters. The largest absolute Gasteiger partial charge is 0.494 e. The Kier molecular flexibility index (Phi) is 4.22. The molecule has 1 unspecified atom stereocenters. The number of fused-ring (bicyclic) bond motifs is 1. The Morgan fingerprint density at radius 2 is 1.92 bits per heavy atom. The fourth-order valence-electron chi connectivity index (χ4n) is 3.03. The van der Waals surface area contributed by atoms with Crippen molar-refractivity contribution in [2.45, 2.75) is 25.4 Å². The molecule has 1 aliphatic rings. The third-order valence-electron chi connectivity index (χ3n) is 4.01. The van der Waals surface area contributed by atoms with Crippen molar-refractivity contribution in [3.8, 4) is 5.75 Å². The van der Waals surface area contributed by atoms with E-state index >= 15 is 0 Å². The summed E-state index contributed by atoms with van der Waals surface area (Å²) in [6.07, 6.45) is -4.50. The molecule has 3 rings (SSSR count). The second kappa shape index (κ2) is 6.19. The quantitative estimate of drug-likeness (QED) is 0.892. The number of amides is 1. The summed E-state index contributed by atoms with van der Waals surface area (Å²) >= 11 is 0. The van der Waals surface area contributed by atoms with E-state index in [2.05, 4.69) is 5.32 Å². The van der Waals surface area contributed by atoms with Gasteiger partial charge in [0.2, 0.25) is 5.91 Å². The topological polar surface area (TPSA) is 38.3 Å². The predicted octanol–water partition coefficient (Wildman–Crippen LogP) is 4.58. The van der Waals surface area contributed by atoms with Crippen LogP contribution in [0.3, 0.4) is 0 Å². The van der Waals surface area contributed by atoms with E-state index < -0.39 is 17.7 Å². The smallest absolute Gasteiger partial charge is 0.416 e. The van der Waals surface area contributed by atoms with E-state index in [1.165, 1.54) is 12.1 Å². The highest BCUT2D eigenvalue weighted by atomic mass is 19.4. The van der Waals surface area contributed by atoms with Crippen LogP contribution in [0.5, 0.6) is 5.75 Å². The van der Waals surface area contributed by atoms with E-state index in [1.54, 1.807) is 24.3 Å². The number of ether oxygens (including phenoxy) is 1. The standard InChI is InChI=1S/C18H16F3NO2/c1-2-24-11-7-8-16-14(9-11)13(10-17(23)22-16)12-5-3-4-6-15(12)18(19,20)21/h3-9,13H,2,10H2,1H3,(H,22,23). The number of hydrogen-bond acceptors (Lipinski definition) is 2. The second-order valence-corrected chi connectivity index (χ2v) is 5.57. The molecule has 3 nitrogen and oxygen atoms in total. The maximum atomic E-state index is 13.4. The summed E-state index contributed by atoms with van der Waals surface area (Å²) < 4.78 is 45.5. The average Bonchev–Trinajstić information content (AvgIpc) is 2.54. The van der Waals surface area contributed by atoms with Crippen molar-refractivity contribution in [3.05, 3.63) is 59.2 Å². The van der Waals surface area contributed by atoms with E-state index in [9.17, 15) is 18.0 Å². The van der Waals surface area contributed by atoms with Crippen molar-refractivity contribution in [3.63, 3.8) is 0 Å². The summed E-state index contributed by atoms with van der Waals surface area (Å²) in [6, 6.07) is 10.5. The number of carbonyl (C=O) groups is 1. The first kappa shape index (κ1) is 16.4. The van der Waals surface area contributed by atoms with Gasteiger partial charge in [-0.2, -0.15) is 13.2 Å². The first-order chi connectivity index (χ1) is 11.4. The van der Waals surface area contributed by atoms with E-state index in [0.29, 0.717) is 23.6 Å². The van der Waals surface area contributed by atoms with Gasteiger partial charge in [0.1, 0.15) is 5.75 Å². The van der Waals surface area contributed by atoms with Gasteiger partial charge in [-0.15, -0.1) is 0 Å². The van der Waals surface area contributed by atoms with Gasteiger partial charge >= 0.3 is 6.18 Å². The lowest BCUT2D eigenvalue weighted by Crippen LogP contribution is -2.25. The van der Waals surface area contributed by atoms with Crippen LogP contribution in [0, 0.1) is 0 Å². The molecule has 0 saturated heterocycles. The van der Waals surface area contributed by atoms with Crippen molar-refractivity contribution in [1.29, 1.82) is 0 Å². The number of carbonyl (C=O) groups excluding carboxylic acids is 1. The molecule has 0 radical (unpaired) electrons. The zero-order chi connectivity index (χ0) is 17.3. The van der Waals surface area contributed by atoms with E-state index in [1.807, 2.05) is 6.92 Å². The first-order valence-corrected chi connectivity index (χ1v) is 7.63. The van der Waals surface area contributed by atoms with Crippen LogP contribution in [-0.2, 0) is 11.0 Å². The fraction of sp³-hybridized carbons (Fsp3) is 0.278. The Balaban J connectivity index is 2.14. The number of rotatable bonds is 3. The number of hydrogen-bond donors (Lipinski definition) is 1. The summed E-state index contributed by atoms with van der Waals surface area (Å²) in [7, 11) is 0. The number of benzene rings is 2. The lowest BCUT2D eigenvalue weighted by molar-refractivity contribution is -0.138. The van der Waals surface area contributed by atoms with Gasteiger partial charge in [-0.25, -0.2) is 0 Å². The third kappa shape index (κ3) is 3.09. The maximum Gasteiger partial charge on any atom is 0.416 e. The molecular weight excluding hydrogens is 319 g/mol. The van der Waals surface area contributed by atoms with Gasteiger partial charge in [0, 0.05) is 18.0 Å². The molecule has 6 heteroatoms. The zero-order valence-corrected chi connectivity index (χ0v) is 13.0.